The van der Waals surface area contributed by atoms with Gasteiger partial charge in [-0.2, -0.15) is 0 Å². The van der Waals surface area contributed by atoms with Crippen molar-refractivity contribution in [2.24, 2.45) is 0 Å². The molecule has 0 saturated carbocycles. The van der Waals surface area contributed by atoms with Gasteiger partial charge in [0.1, 0.15) is 10.2 Å². The quantitative estimate of drug-likeness (QED) is 0.797. The van der Waals surface area contributed by atoms with Gasteiger partial charge in [0.15, 0.2) is 0 Å². The zero-order valence-electron chi connectivity index (χ0n) is 10.6. The van der Waals surface area contributed by atoms with Crippen LogP contribution >= 0.6 is 12.2 Å². The largest absolute Gasteiger partial charge is 0.444 e. The van der Waals surface area contributed by atoms with Crippen molar-refractivity contribution in [3.05, 3.63) is 28.0 Å². The highest BCUT2D eigenvalue weighted by Crippen LogP contribution is 2.08. The van der Waals surface area contributed by atoms with Crippen LogP contribution in [0.3, 0.4) is 0 Å². The molecule has 0 radical (unpaired) electrons. The lowest BCUT2D eigenvalue weighted by Crippen LogP contribution is -2.32. The van der Waals surface area contributed by atoms with Gasteiger partial charge >= 0.3 is 6.09 Å². The van der Waals surface area contributed by atoms with E-state index in [0.717, 1.165) is 11.1 Å². The van der Waals surface area contributed by atoms with Gasteiger partial charge in [0.2, 0.25) is 0 Å². The molecule has 0 aliphatic heterocycles. The highest BCUT2D eigenvalue weighted by molar-refractivity contribution is 7.71. The van der Waals surface area contributed by atoms with E-state index in [-0.39, 0.29) is 0 Å². The van der Waals surface area contributed by atoms with Crippen molar-refractivity contribution in [1.29, 1.82) is 0 Å². The van der Waals surface area contributed by atoms with Crippen molar-refractivity contribution in [3.8, 4) is 0 Å². The maximum Gasteiger partial charge on any atom is 0.407 e. The Hall–Kier alpha value is -1.36. The number of amides is 1. The summed E-state index contributed by atoms with van der Waals surface area (Å²) in [5, 5.41) is 2.70. The molecule has 0 spiro atoms. The fourth-order valence-corrected chi connectivity index (χ4v) is 1.51. The van der Waals surface area contributed by atoms with E-state index in [1.807, 2.05) is 33.8 Å². The Kier molecular flexibility index (Phi) is 4.28. The fraction of sp³-hybridized carbons (Fsp3) is 0.500. The van der Waals surface area contributed by atoms with Crippen LogP contribution in [0.1, 0.15) is 31.9 Å². The normalized spacial score (nSPS) is 11.1. The number of aromatic amines is 1. The van der Waals surface area contributed by atoms with Crippen LogP contribution in [0.2, 0.25) is 0 Å². The molecule has 0 aromatic carbocycles. The monoisotopic (exact) mass is 254 g/mol. The maximum atomic E-state index is 11.4. The van der Waals surface area contributed by atoms with Crippen LogP contribution in [-0.2, 0) is 11.3 Å². The number of H-pyrrole nitrogens is 1. The molecule has 0 fully saturated rings. The standard InChI is InChI=1S/C12H18N2O2S/c1-8-5-10(17)13-6-9(8)7-14-11(15)16-12(2,3)4/h5-6H,7H2,1-4H3,(H,13,17)(H,14,15). The molecule has 4 nitrogen and oxygen atoms in total. The van der Waals surface area contributed by atoms with E-state index in [1.165, 1.54) is 0 Å². The third-order valence-corrected chi connectivity index (χ3v) is 2.30. The van der Waals surface area contributed by atoms with Crippen LogP contribution in [-0.4, -0.2) is 16.7 Å². The minimum atomic E-state index is -0.476. The number of aromatic nitrogens is 1. The number of aryl methyl sites for hydroxylation is 1. The Labute approximate surface area is 106 Å². The predicted molar refractivity (Wildman–Crippen MR) is 69.4 cm³/mol. The first-order valence-electron chi connectivity index (χ1n) is 5.43. The molecule has 17 heavy (non-hydrogen) atoms. The first kappa shape index (κ1) is 13.7. The second kappa shape index (κ2) is 5.31. The smallest absolute Gasteiger partial charge is 0.407 e. The lowest BCUT2D eigenvalue weighted by atomic mass is 10.1. The summed E-state index contributed by atoms with van der Waals surface area (Å²) in [7, 11) is 0. The molecule has 1 heterocycles. The Balaban J connectivity index is 2.56. The number of alkyl carbamates (subject to hydrolysis) is 1. The van der Waals surface area contributed by atoms with Crippen molar-refractivity contribution in [2.75, 3.05) is 0 Å². The van der Waals surface area contributed by atoms with Crippen molar-refractivity contribution in [2.45, 2.75) is 39.8 Å². The van der Waals surface area contributed by atoms with E-state index < -0.39 is 11.7 Å². The van der Waals surface area contributed by atoms with Gasteiger partial charge in [-0.05, 0) is 44.9 Å². The van der Waals surface area contributed by atoms with Crippen LogP contribution in [0, 0.1) is 11.6 Å². The molecule has 0 atom stereocenters. The van der Waals surface area contributed by atoms with E-state index in [9.17, 15) is 4.79 Å². The highest BCUT2D eigenvalue weighted by Gasteiger charge is 2.15. The summed E-state index contributed by atoms with van der Waals surface area (Å²) in [6.45, 7) is 7.87. The van der Waals surface area contributed by atoms with Gasteiger partial charge in [-0.3, -0.25) is 0 Å². The molecule has 0 bridgehead atoms. The summed E-state index contributed by atoms with van der Waals surface area (Å²) in [4.78, 5) is 14.4. The molecule has 0 aliphatic rings. The second-order valence-electron chi connectivity index (χ2n) is 4.86. The molecule has 1 rings (SSSR count). The van der Waals surface area contributed by atoms with E-state index >= 15 is 0 Å². The molecule has 94 valence electrons. The second-order valence-corrected chi connectivity index (χ2v) is 5.30. The van der Waals surface area contributed by atoms with Gasteiger partial charge in [-0.25, -0.2) is 4.79 Å². The lowest BCUT2D eigenvalue weighted by molar-refractivity contribution is 0.0523. The Bertz CT molecular complexity index is 460. The number of nitrogens with one attached hydrogen (secondary N) is 2. The molecule has 2 N–H and O–H groups in total. The number of hydrogen-bond donors (Lipinski definition) is 2. The molecule has 1 amide bonds. The summed E-state index contributed by atoms with van der Waals surface area (Å²) in [6.07, 6.45) is 1.38. The Morgan fingerprint density at radius 1 is 1.53 bits per heavy atom. The van der Waals surface area contributed by atoms with Gasteiger partial charge in [-0.1, -0.05) is 12.2 Å². The molecule has 0 aliphatic carbocycles. The van der Waals surface area contributed by atoms with Gasteiger partial charge in [0.05, 0.1) is 0 Å². The fourth-order valence-electron chi connectivity index (χ4n) is 1.28. The third kappa shape index (κ3) is 4.99. The first-order valence-corrected chi connectivity index (χ1v) is 5.84. The van der Waals surface area contributed by atoms with Gasteiger partial charge in [-0.15, -0.1) is 0 Å². The highest BCUT2D eigenvalue weighted by atomic mass is 32.1. The number of hydrogen-bond acceptors (Lipinski definition) is 3. The molecule has 5 heteroatoms. The third-order valence-electron chi connectivity index (χ3n) is 2.06. The number of ether oxygens (including phenoxy) is 1. The Morgan fingerprint density at radius 2 is 2.18 bits per heavy atom. The molecular formula is C12H18N2O2S. The summed E-state index contributed by atoms with van der Waals surface area (Å²) >= 11 is 5.00. The van der Waals surface area contributed by atoms with Crippen molar-refractivity contribution < 1.29 is 9.53 Å². The van der Waals surface area contributed by atoms with Gasteiger partial charge in [0, 0.05) is 12.7 Å². The zero-order valence-corrected chi connectivity index (χ0v) is 11.4. The number of rotatable bonds is 2. The van der Waals surface area contributed by atoms with Crippen molar-refractivity contribution >= 4 is 18.3 Å². The van der Waals surface area contributed by atoms with E-state index in [0.29, 0.717) is 11.2 Å². The number of pyridine rings is 1. The Morgan fingerprint density at radius 3 is 2.71 bits per heavy atom. The van der Waals surface area contributed by atoms with Crippen LogP contribution in [0.15, 0.2) is 12.3 Å². The SMILES string of the molecule is Cc1cc(=S)[nH]cc1CNC(=O)OC(C)(C)C. The number of carbonyl (C=O) groups is 1. The molecular weight excluding hydrogens is 236 g/mol. The summed E-state index contributed by atoms with van der Waals surface area (Å²) in [5.74, 6) is 0. The van der Waals surface area contributed by atoms with Crippen molar-refractivity contribution in [1.82, 2.24) is 10.3 Å². The summed E-state index contributed by atoms with van der Waals surface area (Å²) < 4.78 is 5.83. The summed E-state index contributed by atoms with van der Waals surface area (Å²) in [6, 6.07) is 1.86. The molecule has 0 unspecified atom stereocenters. The molecule has 1 aromatic rings. The lowest BCUT2D eigenvalue weighted by Gasteiger charge is -2.19. The topological polar surface area (TPSA) is 54.1 Å². The zero-order chi connectivity index (χ0) is 13.1. The van der Waals surface area contributed by atoms with Crippen LogP contribution < -0.4 is 5.32 Å². The van der Waals surface area contributed by atoms with Crippen LogP contribution in [0.5, 0.6) is 0 Å². The maximum absolute atomic E-state index is 11.4. The van der Waals surface area contributed by atoms with Crippen molar-refractivity contribution in [3.63, 3.8) is 0 Å². The number of carbonyl (C=O) groups excluding carboxylic acids is 1. The average Bonchev–Trinajstić information content (AvgIpc) is 2.13. The molecule has 1 aromatic heterocycles. The minimum Gasteiger partial charge on any atom is -0.444 e. The van der Waals surface area contributed by atoms with E-state index in [2.05, 4.69) is 10.3 Å². The minimum absolute atomic E-state index is 0.417. The molecule has 0 saturated heterocycles. The van der Waals surface area contributed by atoms with Crippen LogP contribution in [0.25, 0.3) is 0 Å². The first-order chi connectivity index (χ1) is 7.78. The summed E-state index contributed by atoms with van der Waals surface area (Å²) in [5.41, 5.74) is 1.56. The van der Waals surface area contributed by atoms with E-state index in [1.54, 1.807) is 6.20 Å². The average molecular weight is 254 g/mol. The predicted octanol–water partition coefficient (Wildman–Crippen LogP) is 3.08. The van der Waals surface area contributed by atoms with Gasteiger partial charge in [0.25, 0.3) is 0 Å². The van der Waals surface area contributed by atoms with Crippen LogP contribution in [0.4, 0.5) is 4.79 Å². The van der Waals surface area contributed by atoms with Gasteiger partial charge < -0.3 is 15.0 Å². The van der Waals surface area contributed by atoms with E-state index in [4.69, 9.17) is 17.0 Å².